The summed E-state index contributed by atoms with van der Waals surface area (Å²) in [5.41, 5.74) is 10.3. The molecule has 2 N–H and O–H groups in total. The standard InChI is InChI=1S/C15H24N2/c1-10(2)17-13(8-12(4)16)9-14-11(3)6-5-7-15(14)17/h5-7,10,12-13H,8-9,16H2,1-4H3. The van der Waals surface area contributed by atoms with Crippen molar-refractivity contribution in [3.8, 4) is 0 Å². The van der Waals surface area contributed by atoms with E-state index in [2.05, 4.69) is 50.8 Å². The van der Waals surface area contributed by atoms with Crippen molar-refractivity contribution in [1.82, 2.24) is 0 Å². The van der Waals surface area contributed by atoms with Crippen molar-refractivity contribution in [2.45, 2.75) is 58.7 Å². The topological polar surface area (TPSA) is 29.3 Å². The lowest BCUT2D eigenvalue weighted by Gasteiger charge is -2.32. The van der Waals surface area contributed by atoms with E-state index in [9.17, 15) is 0 Å². The molecular formula is C15H24N2. The van der Waals surface area contributed by atoms with Gasteiger partial charge in [0.15, 0.2) is 0 Å². The van der Waals surface area contributed by atoms with E-state index in [-0.39, 0.29) is 6.04 Å². The third-order valence-electron chi connectivity index (χ3n) is 3.70. The summed E-state index contributed by atoms with van der Waals surface area (Å²) in [5, 5.41) is 0. The first-order valence-electron chi connectivity index (χ1n) is 6.63. The highest BCUT2D eigenvalue weighted by Gasteiger charge is 2.31. The molecule has 0 aliphatic carbocycles. The molecule has 2 heteroatoms. The Kier molecular flexibility index (Phi) is 3.43. The van der Waals surface area contributed by atoms with Gasteiger partial charge in [-0.2, -0.15) is 0 Å². The summed E-state index contributed by atoms with van der Waals surface area (Å²) >= 11 is 0. The van der Waals surface area contributed by atoms with Crippen LogP contribution in [-0.4, -0.2) is 18.1 Å². The summed E-state index contributed by atoms with van der Waals surface area (Å²) in [4.78, 5) is 2.55. The Bertz CT molecular complexity index is 396. The molecule has 2 nitrogen and oxygen atoms in total. The first-order valence-corrected chi connectivity index (χ1v) is 6.63. The molecule has 2 unspecified atom stereocenters. The van der Waals surface area contributed by atoms with Gasteiger partial charge in [-0.05, 0) is 57.7 Å². The third kappa shape index (κ3) is 2.32. The van der Waals surface area contributed by atoms with Gasteiger partial charge in [-0.15, -0.1) is 0 Å². The molecule has 0 saturated carbocycles. The van der Waals surface area contributed by atoms with E-state index >= 15 is 0 Å². The highest BCUT2D eigenvalue weighted by molar-refractivity contribution is 5.62. The minimum atomic E-state index is 0.274. The molecule has 0 amide bonds. The van der Waals surface area contributed by atoms with Gasteiger partial charge in [-0.25, -0.2) is 0 Å². The van der Waals surface area contributed by atoms with Crippen molar-refractivity contribution in [2.75, 3.05) is 4.90 Å². The molecule has 0 bridgehead atoms. The molecule has 1 aliphatic rings. The van der Waals surface area contributed by atoms with Gasteiger partial charge >= 0.3 is 0 Å². The van der Waals surface area contributed by atoms with Crippen LogP contribution in [0.5, 0.6) is 0 Å². The van der Waals surface area contributed by atoms with Crippen molar-refractivity contribution < 1.29 is 0 Å². The second kappa shape index (κ2) is 4.69. The molecule has 94 valence electrons. The van der Waals surface area contributed by atoms with Crippen LogP contribution in [0.1, 0.15) is 38.3 Å². The van der Waals surface area contributed by atoms with Crippen LogP contribution in [0.4, 0.5) is 5.69 Å². The quantitative estimate of drug-likeness (QED) is 0.868. The van der Waals surface area contributed by atoms with Crippen LogP contribution in [0.2, 0.25) is 0 Å². The van der Waals surface area contributed by atoms with E-state index in [1.165, 1.54) is 16.8 Å². The zero-order chi connectivity index (χ0) is 12.6. The summed E-state index contributed by atoms with van der Waals surface area (Å²) in [6, 6.07) is 8.02. The van der Waals surface area contributed by atoms with Gasteiger partial charge in [-0.3, -0.25) is 0 Å². The van der Waals surface area contributed by atoms with Gasteiger partial charge in [-0.1, -0.05) is 12.1 Å². The molecule has 0 radical (unpaired) electrons. The average molecular weight is 232 g/mol. The summed E-state index contributed by atoms with van der Waals surface area (Å²) < 4.78 is 0. The highest BCUT2D eigenvalue weighted by atomic mass is 15.2. The number of benzene rings is 1. The highest BCUT2D eigenvalue weighted by Crippen LogP contribution is 2.37. The second-order valence-electron chi connectivity index (χ2n) is 5.64. The summed E-state index contributed by atoms with van der Waals surface area (Å²) in [6.45, 7) is 8.86. The van der Waals surface area contributed by atoms with E-state index < -0.39 is 0 Å². The Hall–Kier alpha value is -1.02. The maximum atomic E-state index is 5.98. The van der Waals surface area contributed by atoms with Gasteiger partial charge in [0.2, 0.25) is 0 Å². The predicted molar refractivity (Wildman–Crippen MR) is 74.6 cm³/mol. The fourth-order valence-electron chi connectivity index (χ4n) is 3.05. The Labute approximate surface area is 105 Å². The van der Waals surface area contributed by atoms with E-state index in [0.29, 0.717) is 12.1 Å². The number of hydrogen-bond acceptors (Lipinski definition) is 2. The van der Waals surface area contributed by atoms with Crippen LogP contribution in [0.15, 0.2) is 18.2 Å². The van der Waals surface area contributed by atoms with Crippen LogP contribution < -0.4 is 10.6 Å². The SMILES string of the molecule is Cc1cccc2c1CC(CC(C)N)N2C(C)C. The lowest BCUT2D eigenvalue weighted by Crippen LogP contribution is -2.40. The molecule has 1 aliphatic heterocycles. The van der Waals surface area contributed by atoms with Crippen LogP contribution in [0, 0.1) is 6.92 Å². The zero-order valence-electron chi connectivity index (χ0n) is 11.4. The maximum Gasteiger partial charge on any atom is 0.0407 e. The Morgan fingerprint density at radius 2 is 2.06 bits per heavy atom. The molecule has 0 fully saturated rings. The summed E-state index contributed by atoms with van der Waals surface area (Å²) in [5.74, 6) is 0. The molecule has 1 heterocycles. The number of anilines is 1. The van der Waals surface area contributed by atoms with Gasteiger partial charge in [0.1, 0.15) is 0 Å². The van der Waals surface area contributed by atoms with E-state index in [1.807, 2.05) is 0 Å². The smallest absolute Gasteiger partial charge is 0.0407 e. The van der Waals surface area contributed by atoms with Gasteiger partial charge in [0.25, 0.3) is 0 Å². The van der Waals surface area contributed by atoms with Gasteiger partial charge < -0.3 is 10.6 Å². The fraction of sp³-hybridized carbons (Fsp3) is 0.600. The largest absolute Gasteiger partial charge is 0.365 e. The molecule has 17 heavy (non-hydrogen) atoms. The summed E-state index contributed by atoms with van der Waals surface area (Å²) in [6.07, 6.45) is 2.23. The third-order valence-corrected chi connectivity index (χ3v) is 3.70. The summed E-state index contributed by atoms with van der Waals surface area (Å²) in [7, 11) is 0. The van der Waals surface area contributed by atoms with Crippen LogP contribution >= 0.6 is 0 Å². The Balaban J connectivity index is 2.34. The molecule has 2 rings (SSSR count). The van der Waals surface area contributed by atoms with E-state index in [1.54, 1.807) is 0 Å². The van der Waals surface area contributed by atoms with E-state index in [0.717, 1.165) is 12.8 Å². The second-order valence-corrected chi connectivity index (χ2v) is 5.64. The number of hydrogen-bond donors (Lipinski definition) is 1. The molecule has 0 spiro atoms. The monoisotopic (exact) mass is 232 g/mol. The fourth-order valence-corrected chi connectivity index (χ4v) is 3.05. The molecule has 1 aromatic carbocycles. The minimum absolute atomic E-state index is 0.274. The van der Waals surface area contributed by atoms with Crippen LogP contribution in [0.25, 0.3) is 0 Å². The van der Waals surface area contributed by atoms with Crippen molar-refractivity contribution in [2.24, 2.45) is 5.73 Å². The maximum absolute atomic E-state index is 5.98. The predicted octanol–water partition coefficient (Wildman–Crippen LogP) is 2.87. The number of nitrogens with zero attached hydrogens (tertiary/aromatic N) is 1. The minimum Gasteiger partial charge on any atom is -0.365 e. The lowest BCUT2D eigenvalue weighted by atomic mass is 10.0. The Morgan fingerprint density at radius 1 is 1.35 bits per heavy atom. The Morgan fingerprint density at radius 3 is 2.65 bits per heavy atom. The van der Waals surface area contributed by atoms with Crippen LogP contribution in [-0.2, 0) is 6.42 Å². The van der Waals surface area contributed by atoms with Gasteiger partial charge in [0.05, 0.1) is 0 Å². The molecule has 2 atom stereocenters. The first-order chi connectivity index (χ1) is 8.00. The zero-order valence-corrected chi connectivity index (χ0v) is 11.4. The van der Waals surface area contributed by atoms with Crippen molar-refractivity contribution in [3.63, 3.8) is 0 Å². The molecule has 0 saturated heterocycles. The number of aryl methyl sites for hydroxylation is 1. The molecule has 0 aromatic heterocycles. The van der Waals surface area contributed by atoms with Gasteiger partial charge in [0, 0.05) is 23.8 Å². The first kappa shape index (κ1) is 12.4. The number of nitrogens with two attached hydrogens (primary N) is 1. The number of rotatable bonds is 3. The number of fused-ring (bicyclic) bond motifs is 1. The van der Waals surface area contributed by atoms with Crippen molar-refractivity contribution in [1.29, 1.82) is 0 Å². The van der Waals surface area contributed by atoms with Crippen LogP contribution in [0.3, 0.4) is 0 Å². The molecular weight excluding hydrogens is 208 g/mol. The molecule has 1 aromatic rings. The lowest BCUT2D eigenvalue weighted by molar-refractivity contribution is 0.497. The normalized spacial score (nSPS) is 20.8. The van der Waals surface area contributed by atoms with Crippen molar-refractivity contribution in [3.05, 3.63) is 29.3 Å². The van der Waals surface area contributed by atoms with Crippen molar-refractivity contribution >= 4 is 5.69 Å². The van der Waals surface area contributed by atoms with E-state index in [4.69, 9.17) is 5.73 Å². The average Bonchev–Trinajstić information content (AvgIpc) is 2.56.